The van der Waals surface area contributed by atoms with Gasteiger partial charge in [0, 0.05) is 5.69 Å². The van der Waals surface area contributed by atoms with E-state index in [-0.39, 0.29) is 5.56 Å². The van der Waals surface area contributed by atoms with Crippen LogP contribution in [0.5, 0.6) is 5.75 Å². The van der Waals surface area contributed by atoms with Gasteiger partial charge >= 0.3 is 5.97 Å². The van der Waals surface area contributed by atoms with Gasteiger partial charge in [-0.2, -0.15) is 0 Å². The van der Waals surface area contributed by atoms with Crippen LogP contribution < -0.4 is 15.8 Å². The van der Waals surface area contributed by atoms with Crippen LogP contribution in [-0.2, 0) is 9.53 Å². The van der Waals surface area contributed by atoms with Crippen LogP contribution in [0.2, 0.25) is 0 Å². The highest BCUT2D eigenvalue weighted by atomic mass is 16.5. The first-order valence-electron chi connectivity index (χ1n) is 5.91. The third-order valence-electron chi connectivity index (χ3n) is 2.49. The molecule has 0 bridgehead atoms. The minimum absolute atomic E-state index is 0.222. The maximum atomic E-state index is 12.1. The van der Waals surface area contributed by atoms with Crippen molar-refractivity contribution < 1.29 is 19.1 Å². The molecule has 0 saturated carbocycles. The Labute approximate surface area is 111 Å². The van der Waals surface area contributed by atoms with Crippen molar-refractivity contribution in [3.63, 3.8) is 0 Å². The lowest BCUT2D eigenvalue weighted by molar-refractivity contribution is -0.142. The fourth-order valence-electron chi connectivity index (χ4n) is 1.57. The number of esters is 1. The standard InChI is InChI=1S/C13H18N2O4/c1-4-19-10-7-5-6-9(14)11(10)12(16)15-8(2)13(17)18-3/h5-8H,4,14H2,1-3H3,(H,15,16). The molecule has 1 rings (SSSR count). The first-order valence-corrected chi connectivity index (χ1v) is 5.91. The average Bonchev–Trinajstić information content (AvgIpc) is 2.38. The van der Waals surface area contributed by atoms with Crippen LogP contribution in [0.1, 0.15) is 24.2 Å². The minimum Gasteiger partial charge on any atom is -0.493 e. The van der Waals surface area contributed by atoms with Crippen LogP contribution in [0.3, 0.4) is 0 Å². The fourth-order valence-corrected chi connectivity index (χ4v) is 1.57. The van der Waals surface area contributed by atoms with E-state index in [9.17, 15) is 9.59 Å². The quantitative estimate of drug-likeness (QED) is 0.612. The molecule has 1 amide bonds. The summed E-state index contributed by atoms with van der Waals surface area (Å²) in [7, 11) is 1.26. The summed E-state index contributed by atoms with van der Waals surface area (Å²) in [5.41, 5.74) is 6.29. The highest BCUT2D eigenvalue weighted by Crippen LogP contribution is 2.24. The number of hydrogen-bond acceptors (Lipinski definition) is 5. The van der Waals surface area contributed by atoms with Gasteiger partial charge in [-0.3, -0.25) is 4.79 Å². The predicted molar refractivity (Wildman–Crippen MR) is 71.0 cm³/mol. The van der Waals surface area contributed by atoms with Crippen molar-refractivity contribution in [1.82, 2.24) is 5.32 Å². The molecule has 0 aromatic heterocycles. The molecule has 104 valence electrons. The van der Waals surface area contributed by atoms with Gasteiger partial charge in [-0.05, 0) is 26.0 Å². The molecule has 6 heteroatoms. The zero-order valence-electron chi connectivity index (χ0n) is 11.2. The summed E-state index contributed by atoms with van der Waals surface area (Å²) in [6.45, 7) is 3.75. The second-order valence-electron chi connectivity index (χ2n) is 3.87. The third kappa shape index (κ3) is 3.61. The van der Waals surface area contributed by atoms with Gasteiger partial charge in [-0.1, -0.05) is 6.07 Å². The lowest BCUT2D eigenvalue weighted by atomic mass is 10.1. The highest BCUT2D eigenvalue weighted by Gasteiger charge is 2.21. The number of amides is 1. The molecule has 0 saturated heterocycles. The van der Waals surface area contributed by atoms with Gasteiger partial charge in [0.25, 0.3) is 5.91 Å². The molecule has 6 nitrogen and oxygen atoms in total. The number of methoxy groups -OCH3 is 1. The largest absolute Gasteiger partial charge is 0.493 e. The number of hydrogen-bond donors (Lipinski definition) is 2. The lowest BCUT2D eigenvalue weighted by Crippen LogP contribution is -2.39. The molecule has 0 fully saturated rings. The molecule has 0 spiro atoms. The van der Waals surface area contributed by atoms with Crippen molar-refractivity contribution >= 4 is 17.6 Å². The molecule has 1 atom stereocenters. The van der Waals surface area contributed by atoms with E-state index < -0.39 is 17.9 Å². The van der Waals surface area contributed by atoms with Crippen LogP contribution in [-0.4, -0.2) is 31.6 Å². The van der Waals surface area contributed by atoms with Crippen molar-refractivity contribution in [2.45, 2.75) is 19.9 Å². The van der Waals surface area contributed by atoms with Gasteiger partial charge < -0.3 is 20.5 Å². The summed E-state index contributed by atoms with van der Waals surface area (Å²) < 4.78 is 9.89. The average molecular weight is 266 g/mol. The van der Waals surface area contributed by atoms with Gasteiger partial charge in [-0.25, -0.2) is 4.79 Å². The SMILES string of the molecule is CCOc1cccc(N)c1C(=O)NC(C)C(=O)OC. The van der Waals surface area contributed by atoms with Gasteiger partial charge in [0.05, 0.1) is 13.7 Å². The number of anilines is 1. The van der Waals surface area contributed by atoms with E-state index in [1.165, 1.54) is 14.0 Å². The van der Waals surface area contributed by atoms with Gasteiger partial charge in [0.15, 0.2) is 0 Å². The molecule has 0 radical (unpaired) electrons. The molecule has 0 aliphatic rings. The molecule has 0 aliphatic carbocycles. The molecular weight excluding hydrogens is 248 g/mol. The van der Waals surface area contributed by atoms with E-state index in [1.807, 2.05) is 6.92 Å². The van der Waals surface area contributed by atoms with Crippen LogP contribution in [0.25, 0.3) is 0 Å². The fraction of sp³-hybridized carbons (Fsp3) is 0.385. The summed E-state index contributed by atoms with van der Waals surface area (Å²) in [4.78, 5) is 23.4. The third-order valence-corrected chi connectivity index (χ3v) is 2.49. The van der Waals surface area contributed by atoms with Gasteiger partial charge in [0.1, 0.15) is 17.4 Å². The first kappa shape index (κ1) is 14.8. The molecular formula is C13H18N2O4. The maximum Gasteiger partial charge on any atom is 0.328 e. The molecule has 0 heterocycles. The number of carbonyl (C=O) groups excluding carboxylic acids is 2. The number of carbonyl (C=O) groups is 2. The van der Waals surface area contributed by atoms with E-state index in [4.69, 9.17) is 10.5 Å². The van der Waals surface area contributed by atoms with Crippen LogP contribution >= 0.6 is 0 Å². The van der Waals surface area contributed by atoms with Crippen molar-refractivity contribution in [2.24, 2.45) is 0 Å². The molecule has 1 unspecified atom stereocenters. The molecule has 1 aromatic rings. The smallest absolute Gasteiger partial charge is 0.328 e. The van der Waals surface area contributed by atoms with Crippen molar-refractivity contribution in [1.29, 1.82) is 0 Å². The topological polar surface area (TPSA) is 90.6 Å². The lowest BCUT2D eigenvalue weighted by Gasteiger charge is -2.15. The Bertz CT molecular complexity index is 474. The van der Waals surface area contributed by atoms with E-state index in [0.717, 1.165) is 0 Å². The Hall–Kier alpha value is -2.24. The van der Waals surface area contributed by atoms with Gasteiger partial charge in [0.2, 0.25) is 0 Å². The summed E-state index contributed by atoms with van der Waals surface area (Å²) in [5.74, 6) is -0.614. The Morgan fingerprint density at radius 1 is 1.42 bits per heavy atom. The predicted octanol–water partition coefficient (Wildman–Crippen LogP) is 0.959. The van der Waals surface area contributed by atoms with E-state index in [2.05, 4.69) is 10.1 Å². The van der Waals surface area contributed by atoms with Crippen molar-refractivity contribution in [2.75, 3.05) is 19.5 Å². The minimum atomic E-state index is -0.758. The number of nitrogen functional groups attached to an aromatic ring is 1. The highest BCUT2D eigenvalue weighted by molar-refractivity contribution is 6.03. The Morgan fingerprint density at radius 2 is 2.11 bits per heavy atom. The zero-order valence-corrected chi connectivity index (χ0v) is 11.2. The summed E-state index contributed by atoms with van der Waals surface area (Å²) in [6.07, 6.45) is 0. The number of nitrogens with one attached hydrogen (secondary N) is 1. The number of ether oxygens (including phenoxy) is 2. The van der Waals surface area contributed by atoms with E-state index >= 15 is 0 Å². The van der Waals surface area contributed by atoms with Crippen LogP contribution in [0.15, 0.2) is 18.2 Å². The Balaban J connectivity index is 2.96. The second kappa shape index (κ2) is 6.63. The Kier molecular flexibility index (Phi) is 5.17. The first-order chi connectivity index (χ1) is 9.01. The van der Waals surface area contributed by atoms with Crippen LogP contribution in [0.4, 0.5) is 5.69 Å². The Morgan fingerprint density at radius 3 is 2.68 bits per heavy atom. The summed E-state index contributed by atoms with van der Waals surface area (Å²) in [6, 6.07) is 4.19. The second-order valence-corrected chi connectivity index (χ2v) is 3.87. The zero-order chi connectivity index (χ0) is 14.4. The molecule has 3 N–H and O–H groups in total. The summed E-state index contributed by atoms with van der Waals surface area (Å²) in [5, 5.41) is 2.51. The van der Waals surface area contributed by atoms with E-state index in [1.54, 1.807) is 18.2 Å². The maximum absolute atomic E-state index is 12.1. The van der Waals surface area contributed by atoms with E-state index in [0.29, 0.717) is 18.0 Å². The van der Waals surface area contributed by atoms with Crippen molar-refractivity contribution in [3.8, 4) is 5.75 Å². The van der Waals surface area contributed by atoms with Crippen molar-refractivity contribution in [3.05, 3.63) is 23.8 Å². The summed E-state index contributed by atoms with van der Waals surface area (Å²) >= 11 is 0. The molecule has 19 heavy (non-hydrogen) atoms. The number of benzene rings is 1. The number of nitrogens with two attached hydrogens (primary N) is 1. The monoisotopic (exact) mass is 266 g/mol. The normalized spacial score (nSPS) is 11.5. The number of rotatable bonds is 5. The molecule has 0 aliphatic heterocycles. The molecule has 1 aromatic carbocycles. The van der Waals surface area contributed by atoms with Gasteiger partial charge in [-0.15, -0.1) is 0 Å². The van der Waals surface area contributed by atoms with Crippen LogP contribution in [0, 0.1) is 0 Å².